The first-order valence-electron chi connectivity index (χ1n) is 6.31. The van der Waals surface area contributed by atoms with E-state index in [1.165, 1.54) is 0 Å². The predicted molar refractivity (Wildman–Crippen MR) is 76.9 cm³/mol. The number of rotatable bonds is 4. The minimum absolute atomic E-state index is 0. The molecule has 4 nitrogen and oxygen atoms in total. The van der Waals surface area contributed by atoms with Crippen LogP contribution in [0.1, 0.15) is 13.8 Å². The minimum atomic E-state index is 0. The van der Waals surface area contributed by atoms with E-state index in [1.807, 2.05) is 18.2 Å². The van der Waals surface area contributed by atoms with E-state index in [1.54, 1.807) is 0 Å². The van der Waals surface area contributed by atoms with E-state index < -0.39 is 0 Å². The number of aromatic nitrogens is 1. The van der Waals surface area contributed by atoms with E-state index >= 15 is 0 Å². The molecule has 0 amide bonds. The van der Waals surface area contributed by atoms with Crippen molar-refractivity contribution in [3.63, 3.8) is 0 Å². The summed E-state index contributed by atoms with van der Waals surface area (Å²) in [5.41, 5.74) is 0. The van der Waals surface area contributed by atoms with Gasteiger partial charge in [0.05, 0.1) is 6.61 Å². The van der Waals surface area contributed by atoms with E-state index in [-0.39, 0.29) is 12.4 Å². The number of pyridine rings is 1. The van der Waals surface area contributed by atoms with Gasteiger partial charge in [0.25, 0.3) is 0 Å². The summed E-state index contributed by atoms with van der Waals surface area (Å²) >= 11 is 0. The van der Waals surface area contributed by atoms with Gasteiger partial charge < -0.3 is 15.0 Å². The van der Waals surface area contributed by atoms with Gasteiger partial charge in [0.1, 0.15) is 5.82 Å². The third-order valence-corrected chi connectivity index (χ3v) is 2.71. The molecule has 2 heterocycles. The third kappa shape index (κ3) is 4.35. The van der Waals surface area contributed by atoms with E-state index in [9.17, 15) is 0 Å². The zero-order valence-electron chi connectivity index (χ0n) is 11.1. The molecule has 0 unspecified atom stereocenters. The number of nitrogens with zero attached hydrogens (tertiary/aromatic N) is 2. The summed E-state index contributed by atoms with van der Waals surface area (Å²) in [6.07, 6.45) is 0. The molecular formula is C13H22ClN3O. The number of hydrogen-bond donors (Lipinski definition) is 1. The summed E-state index contributed by atoms with van der Waals surface area (Å²) in [5, 5.41) is 3.34. The van der Waals surface area contributed by atoms with Crippen molar-refractivity contribution >= 4 is 18.2 Å². The highest BCUT2D eigenvalue weighted by atomic mass is 35.5. The lowest BCUT2D eigenvalue weighted by atomic mass is 10.2. The maximum Gasteiger partial charge on any atom is 0.215 e. The molecule has 2 rings (SSSR count). The van der Waals surface area contributed by atoms with Crippen molar-refractivity contribution in [3.8, 4) is 5.88 Å². The fourth-order valence-electron chi connectivity index (χ4n) is 1.81. The summed E-state index contributed by atoms with van der Waals surface area (Å²) in [5.74, 6) is 2.28. The number of hydrogen-bond acceptors (Lipinski definition) is 4. The lowest BCUT2D eigenvalue weighted by Crippen LogP contribution is -2.43. The molecule has 0 spiro atoms. The van der Waals surface area contributed by atoms with Gasteiger partial charge in [-0.1, -0.05) is 19.9 Å². The molecule has 0 aromatic carbocycles. The van der Waals surface area contributed by atoms with Crippen molar-refractivity contribution in [1.82, 2.24) is 10.3 Å². The number of nitrogens with one attached hydrogen (secondary N) is 1. The van der Waals surface area contributed by atoms with Crippen LogP contribution in [0, 0.1) is 5.92 Å². The quantitative estimate of drug-likeness (QED) is 0.908. The molecule has 1 aliphatic rings. The molecule has 18 heavy (non-hydrogen) atoms. The fourth-order valence-corrected chi connectivity index (χ4v) is 1.81. The van der Waals surface area contributed by atoms with Crippen molar-refractivity contribution in [1.29, 1.82) is 0 Å². The Morgan fingerprint density at radius 1 is 1.33 bits per heavy atom. The van der Waals surface area contributed by atoms with Crippen LogP contribution >= 0.6 is 12.4 Å². The van der Waals surface area contributed by atoms with Gasteiger partial charge in [-0.2, -0.15) is 4.98 Å². The Hall–Kier alpha value is -1.00. The second-order valence-corrected chi connectivity index (χ2v) is 4.78. The molecular weight excluding hydrogens is 250 g/mol. The summed E-state index contributed by atoms with van der Waals surface area (Å²) in [6, 6.07) is 5.99. The smallest absolute Gasteiger partial charge is 0.215 e. The topological polar surface area (TPSA) is 37.4 Å². The van der Waals surface area contributed by atoms with Gasteiger partial charge in [-0.3, -0.25) is 0 Å². The van der Waals surface area contributed by atoms with Gasteiger partial charge in [0, 0.05) is 32.2 Å². The Kier molecular flexibility index (Phi) is 6.22. The number of ether oxygens (including phenoxy) is 1. The second kappa shape index (κ2) is 7.44. The van der Waals surface area contributed by atoms with Crippen LogP contribution in [0.25, 0.3) is 0 Å². The Morgan fingerprint density at radius 3 is 2.72 bits per heavy atom. The standard InChI is InChI=1S/C13H21N3O.ClH/c1-11(2)10-17-13-5-3-4-12(15-13)16-8-6-14-7-9-16;/h3-5,11,14H,6-10H2,1-2H3;1H. The molecule has 102 valence electrons. The highest BCUT2D eigenvalue weighted by molar-refractivity contribution is 5.85. The van der Waals surface area contributed by atoms with E-state index in [2.05, 4.69) is 29.0 Å². The van der Waals surface area contributed by atoms with Crippen LogP contribution in [-0.2, 0) is 0 Å². The number of halogens is 1. The Balaban J connectivity index is 0.00000162. The van der Waals surface area contributed by atoms with Crippen molar-refractivity contribution < 1.29 is 4.74 Å². The van der Waals surface area contributed by atoms with Gasteiger partial charge >= 0.3 is 0 Å². The van der Waals surface area contributed by atoms with Crippen LogP contribution in [0.4, 0.5) is 5.82 Å². The summed E-state index contributed by atoms with van der Waals surface area (Å²) in [7, 11) is 0. The normalized spacial score (nSPS) is 15.4. The first-order chi connectivity index (χ1) is 8.25. The van der Waals surface area contributed by atoms with Crippen LogP contribution in [0.2, 0.25) is 0 Å². The van der Waals surface area contributed by atoms with Crippen molar-refractivity contribution in [2.24, 2.45) is 5.92 Å². The first-order valence-corrected chi connectivity index (χ1v) is 6.31. The second-order valence-electron chi connectivity index (χ2n) is 4.78. The number of piperazine rings is 1. The third-order valence-electron chi connectivity index (χ3n) is 2.71. The molecule has 0 radical (unpaired) electrons. The molecule has 0 aliphatic carbocycles. The van der Waals surface area contributed by atoms with Crippen molar-refractivity contribution in [3.05, 3.63) is 18.2 Å². The maximum atomic E-state index is 5.65. The average Bonchev–Trinajstić information content (AvgIpc) is 2.38. The first kappa shape index (κ1) is 15.1. The fraction of sp³-hybridized carbons (Fsp3) is 0.615. The van der Waals surface area contributed by atoms with Gasteiger partial charge in [-0.25, -0.2) is 0 Å². The van der Waals surface area contributed by atoms with E-state index in [0.717, 1.165) is 44.5 Å². The average molecular weight is 272 g/mol. The van der Waals surface area contributed by atoms with Gasteiger partial charge in [0.15, 0.2) is 0 Å². The van der Waals surface area contributed by atoms with Gasteiger partial charge in [-0.05, 0) is 12.0 Å². The maximum absolute atomic E-state index is 5.65. The van der Waals surface area contributed by atoms with E-state index in [0.29, 0.717) is 5.92 Å². The largest absolute Gasteiger partial charge is 0.477 e. The SMILES string of the molecule is CC(C)COc1cccc(N2CCNCC2)n1.Cl. The summed E-state index contributed by atoms with van der Waals surface area (Å²) in [4.78, 5) is 6.83. The van der Waals surface area contributed by atoms with Crippen LogP contribution < -0.4 is 15.0 Å². The molecule has 0 bridgehead atoms. The molecule has 1 saturated heterocycles. The van der Waals surface area contributed by atoms with Crippen LogP contribution in [0.3, 0.4) is 0 Å². The molecule has 1 aromatic heterocycles. The van der Waals surface area contributed by atoms with Crippen molar-refractivity contribution in [2.45, 2.75) is 13.8 Å². The monoisotopic (exact) mass is 271 g/mol. The predicted octanol–water partition coefficient (Wildman–Crippen LogP) is 1.95. The molecule has 1 fully saturated rings. The summed E-state index contributed by atoms with van der Waals surface area (Å²) < 4.78 is 5.65. The Labute approximate surface area is 115 Å². The number of anilines is 1. The van der Waals surface area contributed by atoms with Crippen molar-refractivity contribution in [2.75, 3.05) is 37.7 Å². The zero-order valence-corrected chi connectivity index (χ0v) is 11.9. The highest BCUT2D eigenvalue weighted by Crippen LogP contribution is 2.16. The van der Waals surface area contributed by atoms with Crippen LogP contribution in [-0.4, -0.2) is 37.8 Å². The lowest BCUT2D eigenvalue weighted by Gasteiger charge is -2.28. The van der Waals surface area contributed by atoms with Crippen LogP contribution in [0.15, 0.2) is 18.2 Å². The molecule has 1 aromatic rings. The summed E-state index contributed by atoms with van der Waals surface area (Å²) in [6.45, 7) is 9.08. The molecule has 1 aliphatic heterocycles. The Bertz CT molecular complexity index is 354. The van der Waals surface area contributed by atoms with E-state index in [4.69, 9.17) is 4.74 Å². The molecule has 5 heteroatoms. The lowest BCUT2D eigenvalue weighted by molar-refractivity contribution is 0.261. The minimum Gasteiger partial charge on any atom is -0.477 e. The van der Waals surface area contributed by atoms with Gasteiger partial charge in [0.2, 0.25) is 5.88 Å². The molecule has 0 saturated carbocycles. The highest BCUT2D eigenvalue weighted by Gasteiger charge is 2.12. The Morgan fingerprint density at radius 2 is 2.06 bits per heavy atom. The van der Waals surface area contributed by atoms with Gasteiger partial charge in [-0.15, -0.1) is 12.4 Å². The molecule has 1 N–H and O–H groups in total. The zero-order chi connectivity index (χ0) is 12.1. The van der Waals surface area contributed by atoms with Crippen LogP contribution in [0.5, 0.6) is 5.88 Å². The molecule has 0 atom stereocenters.